The van der Waals surface area contributed by atoms with E-state index in [0.29, 0.717) is 43.4 Å². The van der Waals surface area contributed by atoms with Crippen molar-refractivity contribution in [1.82, 2.24) is 15.3 Å². The molecule has 2 aromatic rings. The molecule has 1 saturated heterocycles. The van der Waals surface area contributed by atoms with Crippen molar-refractivity contribution >= 4 is 23.2 Å². The monoisotopic (exact) mass is 506 g/mol. The lowest BCUT2D eigenvalue weighted by molar-refractivity contribution is 0.0574. The Bertz CT molecular complexity index is 953. The van der Waals surface area contributed by atoms with Gasteiger partial charge in [0.15, 0.2) is 0 Å². The van der Waals surface area contributed by atoms with Crippen LogP contribution in [-0.2, 0) is 4.74 Å². The smallest absolute Gasteiger partial charge is 0.126 e. The number of rotatable bonds is 10. The SMILES string of the molecule is NC1(CNc2cccc(-c3cc(NC4CCC(NC[C@H](O)CF)CC4)ncc3Cl)n2)CCOCC1. The van der Waals surface area contributed by atoms with Gasteiger partial charge in [0.25, 0.3) is 0 Å². The number of aliphatic hydroxyl groups excluding tert-OH is 1. The Morgan fingerprint density at radius 3 is 2.66 bits per heavy atom. The van der Waals surface area contributed by atoms with Crippen LogP contribution < -0.4 is 21.7 Å². The number of nitrogens with one attached hydrogen (secondary N) is 3. The van der Waals surface area contributed by atoms with Crippen LogP contribution in [0.15, 0.2) is 30.5 Å². The molecule has 2 fully saturated rings. The third kappa shape index (κ3) is 7.47. The highest BCUT2D eigenvalue weighted by molar-refractivity contribution is 6.33. The van der Waals surface area contributed by atoms with Crippen molar-refractivity contribution in [1.29, 1.82) is 0 Å². The maximum Gasteiger partial charge on any atom is 0.126 e. The Labute approximate surface area is 211 Å². The number of anilines is 2. The summed E-state index contributed by atoms with van der Waals surface area (Å²) in [5.74, 6) is 1.52. The first-order valence-electron chi connectivity index (χ1n) is 12.4. The van der Waals surface area contributed by atoms with Crippen molar-refractivity contribution in [3.63, 3.8) is 0 Å². The summed E-state index contributed by atoms with van der Waals surface area (Å²) in [6.45, 7) is 1.59. The van der Waals surface area contributed by atoms with E-state index >= 15 is 0 Å². The van der Waals surface area contributed by atoms with Crippen LogP contribution in [0.5, 0.6) is 0 Å². The van der Waals surface area contributed by atoms with Crippen molar-refractivity contribution in [3.8, 4) is 11.3 Å². The molecule has 0 spiro atoms. The second-order valence-electron chi connectivity index (χ2n) is 9.70. The predicted molar refractivity (Wildman–Crippen MR) is 138 cm³/mol. The zero-order chi connectivity index (χ0) is 24.7. The topological polar surface area (TPSA) is 117 Å². The van der Waals surface area contributed by atoms with Crippen LogP contribution in [-0.4, -0.2) is 71.8 Å². The van der Waals surface area contributed by atoms with Crippen LogP contribution in [0, 0.1) is 0 Å². The fourth-order valence-corrected chi connectivity index (χ4v) is 4.83. The quantitative estimate of drug-likeness (QED) is 0.333. The summed E-state index contributed by atoms with van der Waals surface area (Å²) >= 11 is 6.50. The highest BCUT2D eigenvalue weighted by Gasteiger charge is 2.28. The number of ether oxygens (including phenoxy) is 1. The van der Waals surface area contributed by atoms with Crippen molar-refractivity contribution in [2.24, 2.45) is 5.73 Å². The van der Waals surface area contributed by atoms with Gasteiger partial charge in [0.05, 0.1) is 16.8 Å². The van der Waals surface area contributed by atoms with Crippen LogP contribution in [0.4, 0.5) is 16.0 Å². The molecule has 0 amide bonds. The Morgan fingerprint density at radius 2 is 1.91 bits per heavy atom. The summed E-state index contributed by atoms with van der Waals surface area (Å²) in [5.41, 5.74) is 7.79. The molecule has 1 aliphatic heterocycles. The highest BCUT2D eigenvalue weighted by atomic mass is 35.5. The molecule has 1 aliphatic carbocycles. The van der Waals surface area contributed by atoms with Gasteiger partial charge in [0.1, 0.15) is 18.3 Å². The molecule has 35 heavy (non-hydrogen) atoms. The molecular weight excluding hydrogens is 471 g/mol. The molecule has 0 aromatic carbocycles. The minimum absolute atomic E-state index is 0.289. The Hall–Kier alpha value is -2.04. The minimum Gasteiger partial charge on any atom is -0.389 e. The molecule has 192 valence electrons. The summed E-state index contributed by atoms with van der Waals surface area (Å²) in [6, 6.07) is 8.36. The summed E-state index contributed by atoms with van der Waals surface area (Å²) in [4.78, 5) is 9.24. The van der Waals surface area contributed by atoms with Crippen molar-refractivity contribution in [2.45, 2.75) is 62.3 Å². The van der Waals surface area contributed by atoms with Crippen LogP contribution in [0.25, 0.3) is 11.3 Å². The average Bonchev–Trinajstić information content (AvgIpc) is 2.88. The largest absolute Gasteiger partial charge is 0.389 e. The molecule has 10 heteroatoms. The maximum absolute atomic E-state index is 12.4. The Morgan fingerprint density at radius 1 is 1.17 bits per heavy atom. The van der Waals surface area contributed by atoms with Crippen LogP contribution in [0.1, 0.15) is 38.5 Å². The number of hydrogen-bond acceptors (Lipinski definition) is 8. The zero-order valence-corrected chi connectivity index (χ0v) is 20.7. The van der Waals surface area contributed by atoms with Crippen molar-refractivity contribution in [2.75, 3.05) is 43.6 Å². The molecule has 2 aliphatic rings. The fraction of sp³-hybridized carbons (Fsp3) is 0.600. The first-order chi connectivity index (χ1) is 16.9. The van der Waals surface area contributed by atoms with E-state index < -0.39 is 12.8 Å². The van der Waals surface area contributed by atoms with E-state index in [1.807, 2.05) is 24.3 Å². The van der Waals surface area contributed by atoms with Gasteiger partial charge in [-0.15, -0.1) is 0 Å². The second kappa shape index (κ2) is 12.3. The maximum atomic E-state index is 12.4. The summed E-state index contributed by atoms with van der Waals surface area (Å²) in [7, 11) is 0. The van der Waals surface area contributed by atoms with Gasteiger partial charge in [-0.2, -0.15) is 0 Å². The van der Waals surface area contributed by atoms with E-state index in [2.05, 4.69) is 20.9 Å². The van der Waals surface area contributed by atoms with Gasteiger partial charge in [0.2, 0.25) is 0 Å². The van der Waals surface area contributed by atoms with Gasteiger partial charge >= 0.3 is 0 Å². The lowest BCUT2D eigenvalue weighted by Gasteiger charge is -2.33. The first-order valence-corrected chi connectivity index (χ1v) is 12.8. The zero-order valence-electron chi connectivity index (χ0n) is 20.0. The number of hydrogen-bond donors (Lipinski definition) is 5. The van der Waals surface area contributed by atoms with Gasteiger partial charge < -0.3 is 31.5 Å². The molecule has 8 nitrogen and oxygen atoms in total. The highest BCUT2D eigenvalue weighted by Crippen LogP contribution is 2.30. The third-order valence-electron chi connectivity index (χ3n) is 6.89. The number of nitrogens with zero attached hydrogens (tertiary/aromatic N) is 2. The summed E-state index contributed by atoms with van der Waals surface area (Å²) in [6.07, 6.45) is 6.22. The van der Waals surface area contributed by atoms with E-state index in [1.54, 1.807) is 6.20 Å². The third-order valence-corrected chi connectivity index (χ3v) is 7.19. The minimum atomic E-state index is -0.928. The van der Waals surface area contributed by atoms with Gasteiger partial charge in [0, 0.05) is 55.7 Å². The lowest BCUT2D eigenvalue weighted by Crippen LogP contribution is -2.50. The van der Waals surface area contributed by atoms with Crippen molar-refractivity contribution in [3.05, 3.63) is 35.5 Å². The fourth-order valence-electron chi connectivity index (χ4n) is 4.63. The summed E-state index contributed by atoms with van der Waals surface area (Å²) in [5, 5.41) is 20.1. The van der Waals surface area contributed by atoms with Gasteiger partial charge in [-0.25, -0.2) is 14.4 Å². The molecule has 6 N–H and O–H groups in total. The van der Waals surface area contributed by atoms with Crippen LogP contribution >= 0.6 is 11.6 Å². The molecule has 2 aromatic heterocycles. The predicted octanol–water partition coefficient (Wildman–Crippen LogP) is 3.36. The standard InChI is InChI=1S/C25H36ClFN6O2/c26-21-15-30-24(32-18-6-4-17(5-7-18)29-14-19(34)13-27)12-20(21)22-2-1-3-23(33-22)31-16-25(28)8-10-35-11-9-25/h1-3,12,15,17-19,29,34H,4-11,13-14,16,28H2,(H,30,32)(H,31,33)/t17?,18?,19-/m1/s1. The number of pyridine rings is 2. The molecular formula is C25H36ClFN6O2. The number of aliphatic hydroxyl groups is 1. The number of nitrogens with two attached hydrogens (primary N) is 1. The number of alkyl halides is 1. The van der Waals surface area contributed by atoms with E-state index in [1.165, 1.54) is 0 Å². The number of aromatic nitrogens is 2. The van der Waals surface area contributed by atoms with Gasteiger partial charge in [-0.1, -0.05) is 17.7 Å². The lowest BCUT2D eigenvalue weighted by atomic mass is 9.91. The number of halogens is 2. The molecule has 0 radical (unpaired) electrons. The molecule has 0 bridgehead atoms. The summed E-state index contributed by atoms with van der Waals surface area (Å²) < 4.78 is 17.9. The first kappa shape index (κ1) is 26.0. The van der Waals surface area contributed by atoms with E-state index in [0.717, 1.165) is 61.4 Å². The molecule has 4 rings (SSSR count). The van der Waals surface area contributed by atoms with E-state index in [-0.39, 0.29) is 5.54 Å². The van der Waals surface area contributed by atoms with Crippen LogP contribution in [0.2, 0.25) is 5.02 Å². The molecule has 3 heterocycles. The molecule has 1 saturated carbocycles. The van der Waals surface area contributed by atoms with Gasteiger partial charge in [-0.05, 0) is 56.7 Å². The van der Waals surface area contributed by atoms with E-state index in [4.69, 9.17) is 27.1 Å². The molecule has 0 unspecified atom stereocenters. The molecule has 1 atom stereocenters. The van der Waals surface area contributed by atoms with E-state index in [9.17, 15) is 9.50 Å². The average molecular weight is 507 g/mol. The van der Waals surface area contributed by atoms with Crippen molar-refractivity contribution < 1.29 is 14.2 Å². The van der Waals surface area contributed by atoms with Crippen LogP contribution in [0.3, 0.4) is 0 Å². The Balaban J connectivity index is 1.35. The van der Waals surface area contributed by atoms with Gasteiger partial charge in [-0.3, -0.25) is 0 Å². The Kier molecular flexibility index (Phi) is 9.13. The normalized spacial score (nSPS) is 23.0. The second-order valence-corrected chi connectivity index (χ2v) is 10.1.